The fourth-order valence-corrected chi connectivity index (χ4v) is 2.39. The van der Waals surface area contributed by atoms with Crippen LogP contribution < -0.4 is 5.32 Å². The molecule has 2 aromatic rings. The number of aryl methyl sites for hydroxylation is 1. The predicted molar refractivity (Wildman–Crippen MR) is 82.9 cm³/mol. The Hall–Kier alpha value is -1.82. The number of benzene rings is 2. The number of hydrogen-bond acceptors (Lipinski definition) is 1. The zero-order valence-corrected chi connectivity index (χ0v) is 13.3. The molecular weight excluding hydrogens is 359 g/mol. The molecule has 0 bridgehead atoms. The Morgan fingerprint density at radius 3 is 2.32 bits per heavy atom. The van der Waals surface area contributed by atoms with Crippen LogP contribution in [0.5, 0.6) is 0 Å². The van der Waals surface area contributed by atoms with Gasteiger partial charge in [-0.2, -0.15) is 13.2 Å². The Kier molecular flexibility index (Phi) is 4.90. The van der Waals surface area contributed by atoms with Crippen molar-refractivity contribution in [2.45, 2.75) is 19.5 Å². The highest BCUT2D eigenvalue weighted by Gasteiger charge is 2.33. The van der Waals surface area contributed by atoms with E-state index in [-0.39, 0.29) is 10.2 Å². The predicted octanol–water partition coefficient (Wildman–Crippen LogP) is 5.28. The second kappa shape index (κ2) is 6.52. The average Bonchev–Trinajstić information content (AvgIpc) is 2.48. The van der Waals surface area contributed by atoms with E-state index in [1.807, 2.05) is 19.1 Å². The van der Waals surface area contributed by atoms with E-state index in [4.69, 9.17) is 0 Å². The molecule has 0 atom stereocenters. The summed E-state index contributed by atoms with van der Waals surface area (Å²) in [4.78, 5) is 12.1. The van der Waals surface area contributed by atoms with Gasteiger partial charge in [0, 0.05) is 15.7 Å². The molecule has 0 radical (unpaired) electrons. The molecule has 0 aromatic heterocycles. The summed E-state index contributed by atoms with van der Waals surface area (Å²) >= 11 is 2.86. The van der Waals surface area contributed by atoms with Crippen LogP contribution in [0, 0.1) is 0 Å². The lowest BCUT2D eigenvalue weighted by molar-refractivity contribution is -0.138. The van der Waals surface area contributed by atoms with E-state index in [1.54, 1.807) is 12.1 Å². The first kappa shape index (κ1) is 16.5. The number of anilines is 1. The van der Waals surface area contributed by atoms with Gasteiger partial charge in [-0.15, -0.1) is 0 Å². The molecule has 0 aliphatic heterocycles. The lowest BCUT2D eigenvalue weighted by Crippen LogP contribution is -2.13. The summed E-state index contributed by atoms with van der Waals surface area (Å²) in [5.74, 6) is -0.446. The summed E-state index contributed by atoms with van der Waals surface area (Å²) < 4.78 is 38.4. The summed E-state index contributed by atoms with van der Waals surface area (Å²) in [6.45, 7) is 2.00. The van der Waals surface area contributed by atoms with Crippen LogP contribution >= 0.6 is 15.9 Å². The van der Waals surface area contributed by atoms with Crippen LogP contribution in [0.4, 0.5) is 18.9 Å². The van der Waals surface area contributed by atoms with Gasteiger partial charge in [-0.25, -0.2) is 0 Å². The van der Waals surface area contributed by atoms with E-state index >= 15 is 0 Å². The molecule has 0 saturated carbocycles. The van der Waals surface area contributed by atoms with E-state index in [1.165, 1.54) is 12.1 Å². The lowest BCUT2D eigenvalue weighted by Gasteiger charge is -2.12. The number of alkyl halides is 3. The number of nitrogens with one attached hydrogen (secondary N) is 1. The molecule has 0 unspecified atom stereocenters. The highest BCUT2D eigenvalue weighted by molar-refractivity contribution is 9.10. The Balaban J connectivity index is 2.21. The van der Waals surface area contributed by atoms with Gasteiger partial charge in [0.2, 0.25) is 0 Å². The van der Waals surface area contributed by atoms with Crippen molar-refractivity contribution in [2.75, 3.05) is 5.32 Å². The van der Waals surface area contributed by atoms with E-state index in [0.717, 1.165) is 18.1 Å². The second-order valence-electron chi connectivity index (χ2n) is 4.70. The van der Waals surface area contributed by atoms with Crippen molar-refractivity contribution >= 4 is 27.5 Å². The molecule has 116 valence electrons. The van der Waals surface area contributed by atoms with E-state index in [0.29, 0.717) is 5.56 Å². The highest BCUT2D eigenvalue weighted by atomic mass is 79.9. The molecule has 1 N–H and O–H groups in total. The maximum Gasteiger partial charge on any atom is 0.417 e. The SMILES string of the molecule is CCc1ccc(C(=O)Nc2ccc(Br)c(C(F)(F)F)c2)cc1. The van der Waals surface area contributed by atoms with E-state index in [2.05, 4.69) is 21.2 Å². The van der Waals surface area contributed by atoms with Crippen LogP contribution in [0.15, 0.2) is 46.9 Å². The van der Waals surface area contributed by atoms with Gasteiger partial charge in [0.05, 0.1) is 5.56 Å². The fourth-order valence-electron chi connectivity index (χ4n) is 1.92. The van der Waals surface area contributed by atoms with Gasteiger partial charge in [-0.1, -0.05) is 35.0 Å². The van der Waals surface area contributed by atoms with Crippen molar-refractivity contribution < 1.29 is 18.0 Å². The molecule has 0 heterocycles. The van der Waals surface area contributed by atoms with Crippen LogP contribution in [0.1, 0.15) is 28.4 Å². The number of carbonyl (C=O) groups excluding carboxylic acids is 1. The maximum absolute atomic E-state index is 12.8. The molecule has 0 saturated heterocycles. The highest BCUT2D eigenvalue weighted by Crippen LogP contribution is 2.36. The summed E-state index contributed by atoms with van der Waals surface area (Å²) in [5, 5.41) is 2.48. The minimum atomic E-state index is -4.48. The molecule has 0 spiro atoms. The van der Waals surface area contributed by atoms with Gasteiger partial charge in [0.1, 0.15) is 0 Å². The van der Waals surface area contributed by atoms with Gasteiger partial charge in [-0.05, 0) is 42.3 Å². The van der Waals surface area contributed by atoms with Gasteiger partial charge in [-0.3, -0.25) is 4.79 Å². The standard InChI is InChI=1S/C16H13BrF3NO/c1-2-10-3-5-11(6-4-10)15(22)21-12-7-8-14(17)13(9-12)16(18,19)20/h3-9H,2H2,1H3,(H,21,22). The second-order valence-corrected chi connectivity index (χ2v) is 5.55. The third-order valence-electron chi connectivity index (χ3n) is 3.15. The summed E-state index contributed by atoms with van der Waals surface area (Å²) in [6, 6.07) is 10.5. The third-order valence-corrected chi connectivity index (χ3v) is 3.85. The Morgan fingerprint density at radius 2 is 1.77 bits per heavy atom. The number of amides is 1. The maximum atomic E-state index is 12.8. The zero-order chi connectivity index (χ0) is 16.3. The molecule has 1 amide bonds. The number of rotatable bonds is 3. The molecule has 0 fully saturated rings. The first-order chi connectivity index (χ1) is 10.3. The van der Waals surface area contributed by atoms with Gasteiger partial charge >= 0.3 is 6.18 Å². The summed E-state index contributed by atoms with van der Waals surface area (Å²) in [7, 11) is 0. The largest absolute Gasteiger partial charge is 0.417 e. The number of halogens is 4. The third kappa shape index (κ3) is 3.88. The van der Waals surface area contributed by atoms with Crippen LogP contribution in [0.25, 0.3) is 0 Å². The van der Waals surface area contributed by atoms with Gasteiger partial charge < -0.3 is 5.32 Å². The van der Waals surface area contributed by atoms with Crippen molar-refractivity contribution in [3.05, 3.63) is 63.6 Å². The van der Waals surface area contributed by atoms with Crippen molar-refractivity contribution in [3.63, 3.8) is 0 Å². The van der Waals surface area contributed by atoms with Crippen molar-refractivity contribution in [2.24, 2.45) is 0 Å². The van der Waals surface area contributed by atoms with Crippen LogP contribution in [0.2, 0.25) is 0 Å². The molecule has 2 rings (SSSR count). The zero-order valence-electron chi connectivity index (χ0n) is 11.7. The molecule has 2 nitrogen and oxygen atoms in total. The van der Waals surface area contributed by atoms with Crippen LogP contribution in [0.3, 0.4) is 0 Å². The van der Waals surface area contributed by atoms with Crippen LogP contribution in [-0.2, 0) is 12.6 Å². The molecule has 2 aromatic carbocycles. The quantitative estimate of drug-likeness (QED) is 0.780. The minimum Gasteiger partial charge on any atom is -0.322 e. The Labute approximate surface area is 134 Å². The topological polar surface area (TPSA) is 29.1 Å². The molecular formula is C16H13BrF3NO. The Morgan fingerprint density at radius 1 is 1.14 bits per heavy atom. The monoisotopic (exact) mass is 371 g/mol. The van der Waals surface area contributed by atoms with Gasteiger partial charge in [0.25, 0.3) is 5.91 Å². The summed E-state index contributed by atoms with van der Waals surface area (Å²) in [6.07, 6.45) is -3.63. The normalized spacial score (nSPS) is 11.3. The molecule has 6 heteroatoms. The first-order valence-corrected chi connectivity index (χ1v) is 7.37. The average molecular weight is 372 g/mol. The number of carbonyl (C=O) groups is 1. The van der Waals surface area contributed by atoms with Gasteiger partial charge in [0.15, 0.2) is 0 Å². The molecule has 22 heavy (non-hydrogen) atoms. The smallest absolute Gasteiger partial charge is 0.322 e. The van der Waals surface area contributed by atoms with E-state index < -0.39 is 17.6 Å². The first-order valence-electron chi connectivity index (χ1n) is 6.58. The number of hydrogen-bond donors (Lipinski definition) is 1. The summed E-state index contributed by atoms with van der Waals surface area (Å²) in [5.41, 5.74) is 0.750. The molecule has 0 aliphatic carbocycles. The fraction of sp³-hybridized carbons (Fsp3) is 0.188. The van der Waals surface area contributed by atoms with E-state index in [9.17, 15) is 18.0 Å². The Bertz CT molecular complexity index is 681. The lowest BCUT2D eigenvalue weighted by atomic mass is 10.1. The van der Waals surface area contributed by atoms with Crippen molar-refractivity contribution in [3.8, 4) is 0 Å². The van der Waals surface area contributed by atoms with Crippen molar-refractivity contribution in [1.82, 2.24) is 0 Å². The van der Waals surface area contributed by atoms with Crippen molar-refractivity contribution in [1.29, 1.82) is 0 Å². The molecule has 0 aliphatic rings. The minimum absolute atomic E-state index is 0.0645. The van der Waals surface area contributed by atoms with Crippen LogP contribution in [-0.4, -0.2) is 5.91 Å².